The summed E-state index contributed by atoms with van der Waals surface area (Å²) < 4.78 is 13.2. The smallest absolute Gasteiger partial charge is 0.123 e. The van der Waals surface area contributed by atoms with Crippen LogP contribution < -0.4 is 5.32 Å². The van der Waals surface area contributed by atoms with Crippen LogP contribution in [0.3, 0.4) is 0 Å². The molecule has 0 bridgehead atoms. The molecule has 1 saturated carbocycles. The molecular formula is C14H20FNO2. The minimum Gasteiger partial charge on any atom is -0.508 e. The Morgan fingerprint density at radius 1 is 1.44 bits per heavy atom. The highest BCUT2D eigenvalue weighted by Gasteiger charge is 2.47. The highest BCUT2D eigenvalue weighted by atomic mass is 19.1. The molecule has 3 N–H and O–H groups in total. The highest BCUT2D eigenvalue weighted by molar-refractivity contribution is 5.35. The first-order valence-corrected chi connectivity index (χ1v) is 6.25. The van der Waals surface area contributed by atoms with Crippen molar-refractivity contribution in [1.82, 2.24) is 5.32 Å². The molecule has 0 spiro atoms. The Morgan fingerprint density at radius 2 is 2.11 bits per heavy atom. The van der Waals surface area contributed by atoms with Crippen molar-refractivity contribution in [1.29, 1.82) is 0 Å². The van der Waals surface area contributed by atoms with E-state index in [1.807, 2.05) is 20.8 Å². The number of phenols is 1. The normalized spacial score (nSPS) is 27.6. The quantitative estimate of drug-likeness (QED) is 0.775. The zero-order valence-electron chi connectivity index (χ0n) is 10.9. The van der Waals surface area contributed by atoms with Crippen LogP contribution >= 0.6 is 0 Å². The van der Waals surface area contributed by atoms with Gasteiger partial charge in [-0.25, -0.2) is 4.39 Å². The minimum atomic E-state index is -0.357. The first kappa shape index (κ1) is 13.3. The standard InChI is InChI=1S/C14H20FNO2/c1-8(10-6-9(15)4-5-11(10)17)16-12-7-13(18)14(12,2)3/h4-6,8,12-13,16-18H,7H2,1-3H3. The molecular weight excluding hydrogens is 233 g/mol. The number of halogens is 1. The molecule has 4 heteroatoms. The molecule has 0 saturated heterocycles. The molecule has 18 heavy (non-hydrogen) atoms. The molecule has 3 unspecified atom stereocenters. The summed E-state index contributed by atoms with van der Waals surface area (Å²) in [7, 11) is 0. The van der Waals surface area contributed by atoms with Crippen molar-refractivity contribution in [2.45, 2.75) is 45.4 Å². The van der Waals surface area contributed by atoms with Gasteiger partial charge in [0.15, 0.2) is 0 Å². The SMILES string of the molecule is CC(NC1CC(O)C1(C)C)c1cc(F)ccc1O. The van der Waals surface area contributed by atoms with E-state index < -0.39 is 0 Å². The maximum Gasteiger partial charge on any atom is 0.123 e. The van der Waals surface area contributed by atoms with Gasteiger partial charge in [0.2, 0.25) is 0 Å². The number of aliphatic hydroxyl groups is 1. The van der Waals surface area contributed by atoms with Crippen molar-refractivity contribution in [2.24, 2.45) is 5.41 Å². The van der Waals surface area contributed by atoms with Crippen LogP contribution in [-0.4, -0.2) is 22.4 Å². The van der Waals surface area contributed by atoms with Gasteiger partial charge in [0.1, 0.15) is 11.6 Å². The second-order valence-electron chi connectivity index (χ2n) is 5.72. The fourth-order valence-corrected chi connectivity index (χ4v) is 2.45. The van der Waals surface area contributed by atoms with Crippen molar-refractivity contribution >= 4 is 0 Å². The number of nitrogens with one attached hydrogen (secondary N) is 1. The van der Waals surface area contributed by atoms with Gasteiger partial charge in [-0.1, -0.05) is 13.8 Å². The van der Waals surface area contributed by atoms with E-state index >= 15 is 0 Å². The lowest BCUT2D eigenvalue weighted by Gasteiger charge is -2.50. The summed E-state index contributed by atoms with van der Waals surface area (Å²) in [5.74, 6) is -0.265. The van der Waals surface area contributed by atoms with E-state index in [4.69, 9.17) is 0 Å². The van der Waals surface area contributed by atoms with E-state index in [-0.39, 0.29) is 35.2 Å². The zero-order valence-corrected chi connectivity index (χ0v) is 10.9. The molecule has 1 aliphatic rings. The molecule has 0 radical (unpaired) electrons. The van der Waals surface area contributed by atoms with E-state index in [0.29, 0.717) is 12.0 Å². The van der Waals surface area contributed by atoms with E-state index in [1.165, 1.54) is 18.2 Å². The number of rotatable bonds is 3. The Labute approximate surface area is 107 Å². The minimum absolute atomic E-state index is 0.0917. The molecule has 1 fully saturated rings. The van der Waals surface area contributed by atoms with Gasteiger partial charge < -0.3 is 15.5 Å². The molecule has 2 rings (SSSR count). The van der Waals surface area contributed by atoms with Crippen LogP contribution in [0.4, 0.5) is 4.39 Å². The molecule has 100 valence electrons. The number of aromatic hydroxyl groups is 1. The predicted octanol–water partition coefficient (Wildman–Crippen LogP) is 2.34. The molecule has 3 atom stereocenters. The largest absolute Gasteiger partial charge is 0.508 e. The average molecular weight is 253 g/mol. The van der Waals surface area contributed by atoms with Crippen LogP contribution in [0.25, 0.3) is 0 Å². The number of phenolic OH excluding ortho intramolecular Hbond substituents is 1. The van der Waals surface area contributed by atoms with Gasteiger partial charge in [-0.15, -0.1) is 0 Å². The van der Waals surface area contributed by atoms with Crippen LogP contribution in [-0.2, 0) is 0 Å². The fraction of sp³-hybridized carbons (Fsp3) is 0.571. The average Bonchev–Trinajstić information content (AvgIpc) is 2.31. The third-order valence-electron chi connectivity index (χ3n) is 4.12. The van der Waals surface area contributed by atoms with Crippen molar-refractivity contribution in [2.75, 3.05) is 0 Å². The van der Waals surface area contributed by atoms with Crippen LogP contribution in [0.2, 0.25) is 0 Å². The molecule has 3 nitrogen and oxygen atoms in total. The summed E-state index contributed by atoms with van der Waals surface area (Å²) in [6, 6.07) is 3.96. The third-order valence-corrected chi connectivity index (χ3v) is 4.12. The van der Waals surface area contributed by atoms with Gasteiger partial charge >= 0.3 is 0 Å². The number of hydrogen-bond donors (Lipinski definition) is 3. The highest BCUT2D eigenvalue weighted by Crippen LogP contribution is 2.41. The van der Waals surface area contributed by atoms with Crippen molar-refractivity contribution in [3.05, 3.63) is 29.6 Å². The topological polar surface area (TPSA) is 52.5 Å². The second-order valence-corrected chi connectivity index (χ2v) is 5.72. The molecule has 0 aromatic heterocycles. The lowest BCUT2D eigenvalue weighted by molar-refractivity contribution is -0.0755. The van der Waals surface area contributed by atoms with Crippen LogP contribution in [0.1, 0.15) is 38.8 Å². The number of aliphatic hydroxyl groups excluding tert-OH is 1. The Morgan fingerprint density at radius 3 is 2.67 bits per heavy atom. The van der Waals surface area contributed by atoms with Crippen LogP contribution in [0, 0.1) is 11.2 Å². The summed E-state index contributed by atoms with van der Waals surface area (Å²) in [6.45, 7) is 5.88. The first-order chi connectivity index (χ1) is 8.32. The lowest BCUT2D eigenvalue weighted by Crippen LogP contribution is -2.60. The van der Waals surface area contributed by atoms with Crippen molar-refractivity contribution in [3.63, 3.8) is 0 Å². The monoisotopic (exact) mass is 253 g/mol. The number of benzene rings is 1. The van der Waals surface area contributed by atoms with E-state index in [9.17, 15) is 14.6 Å². The summed E-state index contributed by atoms with van der Waals surface area (Å²) in [5.41, 5.74) is 0.365. The van der Waals surface area contributed by atoms with Crippen molar-refractivity contribution in [3.8, 4) is 5.75 Å². The Balaban J connectivity index is 2.09. The first-order valence-electron chi connectivity index (χ1n) is 6.25. The van der Waals surface area contributed by atoms with Crippen LogP contribution in [0.15, 0.2) is 18.2 Å². The molecule has 0 amide bonds. The lowest BCUT2D eigenvalue weighted by atomic mass is 9.64. The molecule has 0 heterocycles. The van der Waals surface area contributed by atoms with Crippen molar-refractivity contribution < 1.29 is 14.6 Å². The van der Waals surface area contributed by atoms with Gasteiger partial charge in [0.25, 0.3) is 0 Å². The van der Waals surface area contributed by atoms with E-state index in [1.54, 1.807) is 0 Å². The summed E-state index contributed by atoms with van der Waals surface area (Å²) in [6.07, 6.45) is 0.385. The van der Waals surface area contributed by atoms with E-state index in [0.717, 1.165) is 0 Å². The molecule has 1 aromatic carbocycles. The zero-order chi connectivity index (χ0) is 13.5. The van der Waals surface area contributed by atoms with Crippen LogP contribution in [0.5, 0.6) is 5.75 Å². The van der Waals surface area contributed by atoms with Gasteiger partial charge in [-0.2, -0.15) is 0 Å². The maximum absolute atomic E-state index is 13.2. The van der Waals surface area contributed by atoms with Gasteiger partial charge in [-0.05, 0) is 31.5 Å². The summed E-state index contributed by atoms with van der Waals surface area (Å²) in [5, 5.41) is 22.7. The fourth-order valence-electron chi connectivity index (χ4n) is 2.45. The van der Waals surface area contributed by atoms with E-state index in [2.05, 4.69) is 5.32 Å². The number of hydrogen-bond acceptors (Lipinski definition) is 3. The molecule has 1 aromatic rings. The van der Waals surface area contributed by atoms with Gasteiger partial charge in [-0.3, -0.25) is 0 Å². The second kappa shape index (κ2) is 4.52. The maximum atomic E-state index is 13.2. The van der Waals surface area contributed by atoms with Gasteiger partial charge in [0.05, 0.1) is 6.10 Å². The Bertz CT molecular complexity index is 447. The predicted molar refractivity (Wildman–Crippen MR) is 67.8 cm³/mol. The van der Waals surface area contributed by atoms with Gasteiger partial charge in [0, 0.05) is 23.1 Å². The molecule has 1 aliphatic carbocycles. The Hall–Kier alpha value is -1.13. The Kier molecular flexibility index (Phi) is 3.34. The third kappa shape index (κ3) is 2.22. The summed E-state index contributed by atoms with van der Waals surface area (Å²) >= 11 is 0. The molecule has 0 aliphatic heterocycles. The summed E-state index contributed by atoms with van der Waals surface area (Å²) in [4.78, 5) is 0.